The SMILES string of the molecule is CCCc1cc(=S)nc(C2CN(CCC)CCO2)[nH]1. The lowest BCUT2D eigenvalue weighted by Crippen LogP contribution is -2.39. The van der Waals surface area contributed by atoms with Gasteiger partial charge >= 0.3 is 0 Å². The van der Waals surface area contributed by atoms with Crippen molar-refractivity contribution in [3.63, 3.8) is 0 Å². The summed E-state index contributed by atoms with van der Waals surface area (Å²) in [6.07, 6.45) is 3.30. The van der Waals surface area contributed by atoms with E-state index in [1.54, 1.807) is 0 Å². The lowest BCUT2D eigenvalue weighted by Gasteiger charge is -2.32. The Kier molecular flexibility index (Phi) is 5.48. The molecule has 0 radical (unpaired) electrons. The molecular weight excluding hydrogens is 258 g/mol. The summed E-state index contributed by atoms with van der Waals surface area (Å²) < 4.78 is 6.51. The summed E-state index contributed by atoms with van der Waals surface area (Å²) in [5, 5.41) is 0. The predicted molar refractivity (Wildman–Crippen MR) is 78.8 cm³/mol. The number of nitrogens with one attached hydrogen (secondary N) is 1. The maximum Gasteiger partial charge on any atom is 0.138 e. The van der Waals surface area contributed by atoms with Gasteiger partial charge in [0, 0.05) is 18.8 Å². The van der Waals surface area contributed by atoms with Gasteiger partial charge in [-0.3, -0.25) is 4.90 Å². The number of H-pyrrole nitrogens is 1. The average molecular weight is 281 g/mol. The molecule has 19 heavy (non-hydrogen) atoms. The van der Waals surface area contributed by atoms with Gasteiger partial charge in [0.1, 0.15) is 16.6 Å². The Hall–Kier alpha value is -0.780. The van der Waals surface area contributed by atoms with Crippen LogP contribution in [0.3, 0.4) is 0 Å². The third-order valence-electron chi connectivity index (χ3n) is 3.33. The molecule has 0 aromatic carbocycles. The van der Waals surface area contributed by atoms with Gasteiger partial charge in [-0.1, -0.05) is 32.5 Å². The number of rotatable bonds is 5. The van der Waals surface area contributed by atoms with Crippen molar-refractivity contribution in [1.29, 1.82) is 0 Å². The first kappa shape index (κ1) is 14.6. The number of hydrogen-bond donors (Lipinski definition) is 1. The molecule has 1 aliphatic rings. The van der Waals surface area contributed by atoms with Crippen LogP contribution in [0.15, 0.2) is 6.07 Å². The Morgan fingerprint density at radius 1 is 1.47 bits per heavy atom. The lowest BCUT2D eigenvalue weighted by atomic mass is 10.2. The monoisotopic (exact) mass is 281 g/mol. The number of nitrogens with zero attached hydrogens (tertiary/aromatic N) is 2. The second-order valence-electron chi connectivity index (χ2n) is 5.04. The molecule has 1 atom stereocenters. The molecule has 106 valence electrons. The fourth-order valence-corrected chi connectivity index (χ4v) is 2.71. The smallest absolute Gasteiger partial charge is 0.138 e. The number of aromatic nitrogens is 2. The zero-order valence-electron chi connectivity index (χ0n) is 11.8. The first-order chi connectivity index (χ1) is 9.22. The summed E-state index contributed by atoms with van der Waals surface area (Å²) >= 11 is 5.25. The van der Waals surface area contributed by atoms with Gasteiger partial charge in [0.25, 0.3) is 0 Å². The topological polar surface area (TPSA) is 41.2 Å². The molecule has 1 aromatic rings. The molecule has 2 heterocycles. The van der Waals surface area contributed by atoms with Gasteiger partial charge in [0.15, 0.2) is 0 Å². The Balaban J connectivity index is 2.13. The minimum atomic E-state index is 0.0267. The van der Waals surface area contributed by atoms with E-state index in [4.69, 9.17) is 17.0 Å². The van der Waals surface area contributed by atoms with Crippen LogP contribution in [-0.4, -0.2) is 41.1 Å². The van der Waals surface area contributed by atoms with Crippen LogP contribution in [0.2, 0.25) is 0 Å². The van der Waals surface area contributed by atoms with Crippen LogP contribution in [0.1, 0.15) is 44.3 Å². The van der Waals surface area contributed by atoms with E-state index in [9.17, 15) is 0 Å². The number of morpholine rings is 1. The summed E-state index contributed by atoms with van der Waals surface area (Å²) in [4.78, 5) is 10.3. The van der Waals surface area contributed by atoms with E-state index in [1.165, 1.54) is 6.42 Å². The second kappa shape index (κ2) is 7.12. The summed E-state index contributed by atoms with van der Waals surface area (Å²) in [5.41, 5.74) is 1.16. The summed E-state index contributed by atoms with van der Waals surface area (Å²) in [6, 6.07) is 1.95. The first-order valence-corrected chi connectivity index (χ1v) is 7.57. The zero-order valence-corrected chi connectivity index (χ0v) is 12.6. The van der Waals surface area contributed by atoms with Crippen molar-refractivity contribution >= 4 is 12.2 Å². The Labute approximate surface area is 120 Å². The fourth-order valence-electron chi connectivity index (χ4n) is 2.47. The maximum atomic E-state index is 5.85. The Bertz CT molecular complexity index is 458. The molecule has 5 heteroatoms. The normalized spacial score (nSPS) is 20.6. The highest BCUT2D eigenvalue weighted by Gasteiger charge is 2.23. The van der Waals surface area contributed by atoms with E-state index < -0.39 is 0 Å². The van der Waals surface area contributed by atoms with Crippen LogP contribution in [0.25, 0.3) is 0 Å². The molecule has 1 aromatic heterocycles. The molecule has 0 saturated carbocycles. The third kappa shape index (κ3) is 4.09. The van der Waals surface area contributed by atoms with E-state index in [0.717, 1.165) is 50.6 Å². The maximum absolute atomic E-state index is 5.85. The van der Waals surface area contributed by atoms with Gasteiger partial charge in [-0.2, -0.15) is 0 Å². The van der Waals surface area contributed by atoms with Gasteiger partial charge < -0.3 is 9.72 Å². The highest BCUT2D eigenvalue weighted by molar-refractivity contribution is 7.71. The van der Waals surface area contributed by atoms with Crippen molar-refractivity contribution < 1.29 is 4.74 Å². The minimum absolute atomic E-state index is 0.0267. The minimum Gasteiger partial charge on any atom is -0.368 e. The fraction of sp³-hybridized carbons (Fsp3) is 0.714. The molecule has 1 fully saturated rings. The van der Waals surface area contributed by atoms with Gasteiger partial charge in [-0.25, -0.2) is 4.98 Å². The van der Waals surface area contributed by atoms with E-state index in [1.807, 2.05) is 6.07 Å². The molecular formula is C14H23N3OS. The zero-order chi connectivity index (χ0) is 13.7. The highest BCUT2D eigenvalue weighted by atomic mass is 32.1. The lowest BCUT2D eigenvalue weighted by molar-refractivity contribution is -0.0343. The van der Waals surface area contributed by atoms with Gasteiger partial charge in [0.05, 0.1) is 6.61 Å². The molecule has 1 aliphatic heterocycles. The van der Waals surface area contributed by atoms with Crippen molar-refractivity contribution in [2.75, 3.05) is 26.2 Å². The van der Waals surface area contributed by atoms with E-state index in [0.29, 0.717) is 4.64 Å². The average Bonchev–Trinajstić information content (AvgIpc) is 2.39. The second-order valence-corrected chi connectivity index (χ2v) is 5.46. The largest absolute Gasteiger partial charge is 0.368 e. The summed E-state index contributed by atoms with van der Waals surface area (Å²) in [6.45, 7) is 8.18. The van der Waals surface area contributed by atoms with Gasteiger partial charge in [-0.15, -0.1) is 0 Å². The number of aromatic amines is 1. The van der Waals surface area contributed by atoms with Crippen molar-refractivity contribution in [1.82, 2.24) is 14.9 Å². The highest BCUT2D eigenvalue weighted by Crippen LogP contribution is 2.19. The van der Waals surface area contributed by atoms with Crippen LogP contribution in [0.5, 0.6) is 0 Å². The quantitative estimate of drug-likeness (QED) is 0.843. The van der Waals surface area contributed by atoms with Crippen molar-refractivity contribution in [2.45, 2.75) is 39.2 Å². The molecule has 0 bridgehead atoms. The summed E-state index contributed by atoms with van der Waals surface area (Å²) in [5.74, 6) is 0.886. The third-order valence-corrected chi connectivity index (χ3v) is 3.54. The van der Waals surface area contributed by atoms with Gasteiger partial charge in [-0.05, 0) is 25.5 Å². The molecule has 0 amide bonds. The van der Waals surface area contributed by atoms with Crippen molar-refractivity contribution in [3.8, 4) is 0 Å². The molecule has 1 N–H and O–H groups in total. The molecule has 1 unspecified atom stereocenters. The summed E-state index contributed by atoms with van der Waals surface area (Å²) in [7, 11) is 0. The van der Waals surface area contributed by atoms with Crippen LogP contribution in [0, 0.1) is 4.64 Å². The van der Waals surface area contributed by atoms with E-state index in [2.05, 4.69) is 28.7 Å². The molecule has 1 saturated heterocycles. The van der Waals surface area contributed by atoms with Crippen LogP contribution in [0.4, 0.5) is 0 Å². The Morgan fingerprint density at radius 2 is 2.32 bits per heavy atom. The van der Waals surface area contributed by atoms with E-state index >= 15 is 0 Å². The molecule has 0 aliphatic carbocycles. The predicted octanol–water partition coefficient (Wildman–Crippen LogP) is 2.87. The number of aryl methyl sites for hydroxylation is 1. The van der Waals surface area contributed by atoms with Crippen molar-refractivity contribution in [2.24, 2.45) is 0 Å². The van der Waals surface area contributed by atoms with E-state index in [-0.39, 0.29) is 6.10 Å². The molecule has 0 spiro atoms. The van der Waals surface area contributed by atoms with Gasteiger partial charge in [0.2, 0.25) is 0 Å². The molecule has 2 rings (SSSR count). The van der Waals surface area contributed by atoms with Crippen LogP contribution < -0.4 is 0 Å². The van der Waals surface area contributed by atoms with Crippen LogP contribution >= 0.6 is 12.2 Å². The number of hydrogen-bond acceptors (Lipinski definition) is 4. The van der Waals surface area contributed by atoms with Crippen molar-refractivity contribution in [3.05, 3.63) is 22.2 Å². The molecule has 4 nitrogen and oxygen atoms in total. The first-order valence-electron chi connectivity index (χ1n) is 7.17. The Morgan fingerprint density at radius 3 is 3.05 bits per heavy atom. The number of ether oxygens (including phenoxy) is 1. The standard InChI is InChI=1S/C14H23N3OS/c1-3-5-11-9-13(19)16-14(15-11)12-10-17(6-4-2)7-8-18-12/h9,12H,3-8,10H2,1-2H3,(H,15,16,19). The van der Waals surface area contributed by atoms with Crippen LogP contribution in [-0.2, 0) is 11.2 Å².